The molecule has 1 atom stereocenters. The standard InChI is InChI=1S/C60H100O6/c1-4-7-10-13-16-19-22-25-28-30-32-35-38-41-44-47-50-53-59(62)65-56-57(55-64-58(61)52-49-46-43-40-37-34-27-24-21-18-15-12-9-6-3)66-60(63)54-51-48-45-42-39-36-33-31-29-26-23-20-17-14-11-8-5-2/h16-17,19-20,25-26,28-29,32-33,35-36,41-42,44-45,57H,4-15,18,21-24,27,30-31,34,37-40,43,46-56H2,1-3H3/b19-16+,20-17+,28-25+,29-26+,35-32+,36-33+,44-41+,45-42+/t57-/m1/s1. The minimum Gasteiger partial charge on any atom is -0.462 e. The molecule has 0 aromatic carbocycles. The molecule has 0 bridgehead atoms. The lowest BCUT2D eigenvalue weighted by molar-refractivity contribution is -0.167. The topological polar surface area (TPSA) is 78.9 Å². The Balaban J connectivity index is 4.56. The van der Waals surface area contributed by atoms with E-state index < -0.39 is 6.10 Å². The Kier molecular flexibility index (Phi) is 50.9. The maximum Gasteiger partial charge on any atom is 0.306 e. The predicted molar refractivity (Wildman–Crippen MR) is 284 cm³/mol. The summed E-state index contributed by atoms with van der Waals surface area (Å²) in [6.07, 6.45) is 71.1. The number of unbranched alkanes of at least 4 members (excludes halogenated alkanes) is 21. The van der Waals surface area contributed by atoms with Crippen molar-refractivity contribution in [2.24, 2.45) is 0 Å². The number of esters is 3. The lowest BCUT2D eigenvalue weighted by Gasteiger charge is -2.18. The zero-order valence-corrected chi connectivity index (χ0v) is 42.9. The third-order valence-corrected chi connectivity index (χ3v) is 11.3. The molecule has 66 heavy (non-hydrogen) atoms. The van der Waals surface area contributed by atoms with Gasteiger partial charge in [-0.15, -0.1) is 0 Å². The molecule has 0 aromatic heterocycles. The molecule has 0 spiro atoms. The smallest absolute Gasteiger partial charge is 0.306 e. The van der Waals surface area contributed by atoms with Gasteiger partial charge in [0.25, 0.3) is 0 Å². The SMILES string of the molecule is CCCCC/C=C/C/C=C/C/C=C/C/C=C/CCCC(=O)OC[C@@H](COC(=O)CCCCCCCCCCCCCCCC)OC(=O)CCC/C=C/C/C=C/C/C=C/C/C=C/CCCCC. The van der Waals surface area contributed by atoms with Gasteiger partial charge >= 0.3 is 17.9 Å². The summed E-state index contributed by atoms with van der Waals surface area (Å²) in [4.78, 5) is 38.0. The highest BCUT2D eigenvalue weighted by atomic mass is 16.6. The average Bonchev–Trinajstić information content (AvgIpc) is 3.31. The van der Waals surface area contributed by atoms with E-state index in [1.165, 1.54) is 122 Å². The first kappa shape index (κ1) is 62.3. The number of hydrogen-bond acceptors (Lipinski definition) is 6. The summed E-state index contributed by atoms with van der Waals surface area (Å²) in [6, 6.07) is 0. The number of allylic oxidation sites excluding steroid dienone is 16. The van der Waals surface area contributed by atoms with E-state index in [2.05, 4.69) is 118 Å². The van der Waals surface area contributed by atoms with Gasteiger partial charge in [0.05, 0.1) is 0 Å². The lowest BCUT2D eigenvalue weighted by Crippen LogP contribution is -2.30. The van der Waals surface area contributed by atoms with Crippen LogP contribution in [0.2, 0.25) is 0 Å². The van der Waals surface area contributed by atoms with Gasteiger partial charge in [0.2, 0.25) is 0 Å². The van der Waals surface area contributed by atoms with E-state index in [0.29, 0.717) is 19.3 Å². The molecule has 376 valence electrons. The van der Waals surface area contributed by atoms with Crippen LogP contribution in [0, 0.1) is 0 Å². The first-order valence-electron chi connectivity index (χ1n) is 27.2. The van der Waals surface area contributed by atoms with Crippen LogP contribution in [0.25, 0.3) is 0 Å². The molecule has 0 aliphatic rings. The Morgan fingerprint density at radius 1 is 0.303 bits per heavy atom. The highest BCUT2D eigenvalue weighted by molar-refractivity contribution is 5.71. The number of carbonyl (C=O) groups is 3. The summed E-state index contributed by atoms with van der Waals surface area (Å²) in [5.74, 6) is -1.03. The van der Waals surface area contributed by atoms with Gasteiger partial charge in [-0.3, -0.25) is 14.4 Å². The van der Waals surface area contributed by atoms with Crippen LogP contribution in [-0.4, -0.2) is 37.2 Å². The van der Waals surface area contributed by atoms with Gasteiger partial charge < -0.3 is 14.2 Å². The second-order valence-electron chi connectivity index (χ2n) is 17.8. The molecule has 0 saturated heterocycles. The van der Waals surface area contributed by atoms with E-state index >= 15 is 0 Å². The fraction of sp³-hybridized carbons (Fsp3) is 0.683. The first-order valence-corrected chi connectivity index (χ1v) is 27.2. The first-order chi connectivity index (χ1) is 32.5. The van der Waals surface area contributed by atoms with Crippen LogP contribution in [0.4, 0.5) is 0 Å². The minimum atomic E-state index is -0.827. The van der Waals surface area contributed by atoms with Crippen molar-refractivity contribution in [2.45, 2.75) is 252 Å². The van der Waals surface area contributed by atoms with E-state index in [4.69, 9.17) is 14.2 Å². The Morgan fingerprint density at radius 3 is 0.909 bits per heavy atom. The molecule has 0 rings (SSSR count). The van der Waals surface area contributed by atoms with Gasteiger partial charge in [-0.05, 0) is 96.3 Å². The molecule has 0 saturated carbocycles. The lowest BCUT2D eigenvalue weighted by atomic mass is 10.0. The molecule has 0 aromatic rings. The number of carbonyl (C=O) groups excluding carboxylic acids is 3. The molecule has 6 nitrogen and oxygen atoms in total. The van der Waals surface area contributed by atoms with Gasteiger partial charge in [0, 0.05) is 19.3 Å². The molecule has 0 heterocycles. The van der Waals surface area contributed by atoms with Crippen molar-refractivity contribution >= 4 is 17.9 Å². The zero-order chi connectivity index (χ0) is 47.9. The van der Waals surface area contributed by atoms with Crippen LogP contribution >= 0.6 is 0 Å². The van der Waals surface area contributed by atoms with Crippen molar-refractivity contribution in [3.8, 4) is 0 Å². The van der Waals surface area contributed by atoms with Crippen LogP contribution < -0.4 is 0 Å². The maximum absolute atomic E-state index is 12.8. The molecular weight excluding hydrogens is 817 g/mol. The summed E-state index contributed by atoms with van der Waals surface area (Å²) in [5.41, 5.74) is 0. The highest BCUT2D eigenvalue weighted by Crippen LogP contribution is 2.14. The van der Waals surface area contributed by atoms with E-state index in [9.17, 15) is 14.4 Å². The minimum absolute atomic E-state index is 0.115. The summed E-state index contributed by atoms with van der Waals surface area (Å²) in [6.45, 7) is 6.49. The molecule has 0 amide bonds. The van der Waals surface area contributed by atoms with Crippen molar-refractivity contribution in [1.29, 1.82) is 0 Å². The van der Waals surface area contributed by atoms with Crippen LogP contribution in [0.1, 0.15) is 245 Å². The Hall–Kier alpha value is -3.67. The molecule has 6 heteroatoms. The van der Waals surface area contributed by atoms with E-state index in [-0.39, 0.29) is 44.0 Å². The van der Waals surface area contributed by atoms with Crippen LogP contribution in [0.3, 0.4) is 0 Å². The van der Waals surface area contributed by atoms with Gasteiger partial charge in [0.15, 0.2) is 6.10 Å². The van der Waals surface area contributed by atoms with Gasteiger partial charge in [0.1, 0.15) is 13.2 Å². The second-order valence-corrected chi connectivity index (χ2v) is 17.8. The number of hydrogen-bond donors (Lipinski definition) is 0. The predicted octanol–water partition coefficient (Wildman–Crippen LogP) is 18.1. The third-order valence-electron chi connectivity index (χ3n) is 11.3. The van der Waals surface area contributed by atoms with Crippen molar-refractivity contribution in [3.05, 3.63) is 97.2 Å². The largest absolute Gasteiger partial charge is 0.462 e. The Morgan fingerprint density at radius 2 is 0.561 bits per heavy atom. The number of rotatable bonds is 48. The van der Waals surface area contributed by atoms with Gasteiger partial charge in [-0.25, -0.2) is 0 Å². The van der Waals surface area contributed by atoms with Crippen LogP contribution in [-0.2, 0) is 28.6 Å². The third kappa shape index (κ3) is 51.3. The number of ether oxygens (including phenoxy) is 3. The molecule has 0 aliphatic heterocycles. The quantitative estimate of drug-likeness (QED) is 0.0262. The molecule has 0 aliphatic carbocycles. The maximum atomic E-state index is 12.8. The van der Waals surface area contributed by atoms with Crippen molar-refractivity contribution < 1.29 is 28.6 Å². The molecule has 0 fully saturated rings. The van der Waals surface area contributed by atoms with Crippen molar-refractivity contribution in [3.63, 3.8) is 0 Å². The van der Waals surface area contributed by atoms with E-state index in [1.807, 2.05) is 0 Å². The summed E-state index contributed by atoms with van der Waals surface area (Å²) >= 11 is 0. The average molecular weight is 917 g/mol. The van der Waals surface area contributed by atoms with Crippen molar-refractivity contribution in [2.75, 3.05) is 13.2 Å². The second kappa shape index (κ2) is 53.9. The van der Waals surface area contributed by atoms with Gasteiger partial charge in [-0.1, -0.05) is 227 Å². The Labute approximate surface area is 407 Å². The fourth-order valence-corrected chi connectivity index (χ4v) is 7.19. The molecular formula is C60H100O6. The Bertz CT molecular complexity index is 1330. The molecule has 0 unspecified atom stereocenters. The van der Waals surface area contributed by atoms with Crippen LogP contribution in [0.5, 0.6) is 0 Å². The summed E-state index contributed by atoms with van der Waals surface area (Å²) in [7, 11) is 0. The van der Waals surface area contributed by atoms with Crippen LogP contribution in [0.15, 0.2) is 97.2 Å². The highest BCUT2D eigenvalue weighted by Gasteiger charge is 2.19. The van der Waals surface area contributed by atoms with Gasteiger partial charge in [-0.2, -0.15) is 0 Å². The molecule has 0 N–H and O–H groups in total. The van der Waals surface area contributed by atoms with E-state index in [1.54, 1.807) is 0 Å². The monoisotopic (exact) mass is 917 g/mol. The van der Waals surface area contributed by atoms with Crippen molar-refractivity contribution in [1.82, 2.24) is 0 Å². The fourth-order valence-electron chi connectivity index (χ4n) is 7.19. The summed E-state index contributed by atoms with van der Waals surface area (Å²) in [5, 5.41) is 0. The normalized spacial score (nSPS) is 12.8. The zero-order valence-electron chi connectivity index (χ0n) is 42.9. The summed E-state index contributed by atoms with van der Waals surface area (Å²) < 4.78 is 16.7. The molecule has 0 radical (unpaired) electrons. The van der Waals surface area contributed by atoms with E-state index in [0.717, 1.165) is 70.6 Å².